The molecular weight excluding hydrogens is 691 g/mol. The van der Waals surface area contributed by atoms with E-state index in [0.29, 0.717) is 0 Å². The van der Waals surface area contributed by atoms with Crippen LogP contribution in [0.15, 0.2) is 0 Å². The van der Waals surface area contributed by atoms with Gasteiger partial charge in [-0.15, -0.1) is 0 Å². The van der Waals surface area contributed by atoms with Crippen molar-refractivity contribution in [3.8, 4) is 0 Å². The second-order valence-corrected chi connectivity index (χ2v) is 6.68. The first-order valence-electron chi connectivity index (χ1n) is 1.33. The van der Waals surface area contributed by atoms with Crippen LogP contribution < -0.4 is 15.0 Å². The normalized spacial score (nSPS) is 10.5. The van der Waals surface area contributed by atoms with Crippen molar-refractivity contribution in [2.75, 3.05) is 0 Å². The maximum atomic E-state index is 8.65. The molecular formula is O8PtW2. The summed E-state index contributed by atoms with van der Waals surface area (Å²) >= 11 is -12.3. The molecule has 0 aromatic heterocycles. The zero-order chi connectivity index (χ0) is 9.00. The van der Waals surface area contributed by atoms with Gasteiger partial charge in [0.25, 0.3) is 0 Å². The molecule has 0 aliphatic heterocycles. The van der Waals surface area contributed by atoms with Gasteiger partial charge in [-0.25, -0.2) is 0 Å². The van der Waals surface area contributed by atoms with Gasteiger partial charge in [0.2, 0.25) is 0 Å². The van der Waals surface area contributed by atoms with Crippen LogP contribution in [0.4, 0.5) is 0 Å². The molecule has 0 bridgehead atoms. The van der Waals surface area contributed by atoms with Crippen molar-refractivity contribution in [2.24, 2.45) is 0 Å². The van der Waals surface area contributed by atoms with Gasteiger partial charge in [0.05, 0.1) is 0 Å². The SMILES string of the molecule is [O]=[W](=[O])([O-])[O-].[O]=[W](=[O])([O-])[O-].[Pt+4]. The second-order valence-electron chi connectivity index (χ2n) is 0.816. The third-order valence-corrected chi connectivity index (χ3v) is 0. The fraction of sp³-hybridized carbons (Fsp3) is 0. The Morgan fingerprint density at radius 1 is 0.636 bits per heavy atom. The minimum atomic E-state index is -6.17. The first-order valence-corrected chi connectivity index (χ1v) is 10.9. The number of rotatable bonds is 0. The summed E-state index contributed by atoms with van der Waals surface area (Å²) in [6, 6.07) is 0. The molecule has 0 aromatic rings. The summed E-state index contributed by atoms with van der Waals surface area (Å²) in [6.07, 6.45) is 0. The van der Waals surface area contributed by atoms with Gasteiger partial charge in [0.15, 0.2) is 0 Å². The predicted octanol–water partition coefficient (Wildman–Crippen LogP) is -5.24. The summed E-state index contributed by atoms with van der Waals surface area (Å²) in [7, 11) is 0. The molecule has 0 N–H and O–H groups in total. The largest absolute Gasteiger partial charge is 4.00 e. The molecule has 0 rings (SSSR count). The zero-order valence-electron chi connectivity index (χ0n) is 4.40. The van der Waals surface area contributed by atoms with E-state index in [0.717, 1.165) is 0 Å². The predicted molar refractivity (Wildman–Crippen MR) is 2.75 cm³/mol. The Morgan fingerprint density at radius 3 is 0.636 bits per heavy atom. The number of hydrogen-bond donors (Lipinski definition) is 0. The molecule has 11 heavy (non-hydrogen) atoms. The van der Waals surface area contributed by atoms with Crippen molar-refractivity contribution >= 4 is 0 Å². The van der Waals surface area contributed by atoms with Crippen molar-refractivity contribution in [2.45, 2.75) is 0 Å². The van der Waals surface area contributed by atoms with Gasteiger partial charge in [-0.3, -0.25) is 0 Å². The van der Waals surface area contributed by atoms with Gasteiger partial charge in [0.1, 0.15) is 0 Å². The topological polar surface area (TPSA) is 161 Å². The molecule has 0 spiro atoms. The molecule has 0 amide bonds. The maximum absolute atomic E-state index is 8.65. The Morgan fingerprint density at radius 2 is 0.636 bits per heavy atom. The first kappa shape index (κ1) is 18.0. The van der Waals surface area contributed by atoms with Crippen LogP contribution in [0.25, 0.3) is 0 Å². The van der Waals surface area contributed by atoms with Crippen molar-refractivity contribution in [3.63, 3.8) is 0 Å². The average molecular weight is 691 g/mol. The van der Waals surface area contributed by atoms with Gasteiger partial charge in [-0.1, -0.05) is 0 Å². The summed E-state index contributed by atoms with van der Waals surface area (Å²) in [5, 5.41) is 0. The van der Waals surface area contributed by atoms with E-state index < -0.39 is 33.5 Å². The van der Waals surface area contributed by atoms with Gasteiger partial charge < -0.3 is 0 Å². The molecule has 0 unspecified atom stereocenters. The van der Waals surface area contributed by atoms with Gasteiger partial charge in [-0.05, 0) is 0 Å². The molecule has 70 valence electrons. The van der Waals surface area contributed by atoms with Crippen LogP contribution in [0.2, 0.25) is 0 Å². The summed E-state index contributed by atoms with van der Waals surface area (Å²) in [5.74, 6) is 0. The van der Waals surface area contributed by atoms with E-state index in [2.05, 4.69) is 0 Å². The summed E-state index contributed by atoms with van der Waals surface area (Å²) < 4.78 is 69.2. The van der Waals surface area contributed by atoms with Crippen LogP contribution in [0, 0.1) is 0 Å². The van der Waals surface area contributed by atoms with E-state index in [9.17, 15) is 0 Å². The molecule has 8 nitrogen and oxygen atoms in total. The Kier molecular flexibility index (Phi) is 10.8. The Bertz CT molecular complexity index is 208. The van der Waals surface area contributed by atoms with E-state index in [1.807, 2.05) is 0 Å². The first-order chi connectivity index (χ1) is 4.00. The third kappa shape index (κ3) is 754. The van der Waals surface area contributed by atoms with Crippen LogP contribution >= 0.6 is 0 Å². The van der Waals surface area contributed by atoms with Gasteiger partial charge >= 0.3 is 83.2 Å². The Balaban J connectivity index is -0.000000107. The van der Waals surface area contributed by atoms with E-state index in [4.69, 9.17) is 28.6 Å². The van der Waals surface area contributed by atoms with E-state index in [1.165, 1.54) is 0 Å². The van der Waals surface area contributed by atoms with E-state index >= 15 is 0 Å². The quantitative estimate of drug-likeness (QED) is 0.244. The van der Waals surface area contributed by atoms with Crippen LogP contribution in [0.1, 0.15) is 0 Å². The molecule has 11 heteroatoms. The maximum Gasteiger partial charge on any atom is 4.00 e. The Labute approximate surface area is 82.6 Å². The van der Waals surface area contributed by atoms with Crippen LogP contribution in [-0.2, 0) is 68.1 Å². The molecule has 0 aliphatic rings. The summed E-state index contributed by atoms with van der Waals surface area (Å²) in [4.78, 5) is 0. The van der Waals surface area contributed by atoms with Crippen molar-refractivity contribution in [3.05, 3.63) is 0 Å². The van der Waals surface area contributed by atoms with Crippen molar-refractivity contribution < 1.29 is 83.2 Å². The minimum absolute atomic E-state index is 0. The molecule has 0 saturated carbocycles. The molecule has 0 heterocycles. The van der Waals surface area contributed by atoms with Crippen molar-refractivity contribution in [1.29, 1.82) is 0 Å². The Hall–Kier alpha value is 1.10. The smallest absolute Gasteiger partial charge is 4.00 e. The van der Waals surface area contributed by atoms with E-state index in [-0.39, 0.29) is 21.1 Å². The molecule has 0 aliphatic carbocycles. The van der Waals surface area contributed by atoms with Crippen LogP contribution in [-0.4, -0.2) is 0 Å². The molecule has 0 saturated heterocycles. The minimum Gasteiger partial charge on any atom is 4.00 e. The van der Waals surface area contributed by atoms with Gasteiger partial charge in [0, 0.05) is 0 Å². The fourth-order valence-corrected chi connectivity index (χ4v) is 0. The van der Waals surface area contributed by atoms with Gasteiger partial charge in [-0.2, -0.15) is 0 Å². The zero-order valence-corrected chi connectivity index (χ0v) is 12.5. The molecule has 0 aromatic carbocycles. The molecule has 0 radical (unpaired) electrons. The molecule has 0 atom stereocenters. The van der Waals surface area contributed by atoms with Crippen molar-refractivity contribution in [1.82, 2.24) is 0 Å². The number of hydrogen-bond acceptors (Lipinski definition) is 8. The average Bonchev–Trinajstić information content (AvgIpc) is 1.12. The summed E-state index contributed by atoms with van der Waals surface area (Å²) in [6.45, 7) is 0. The fourth-order valence-electron chi connectivity index (χ4n) is 0. The monoisotopic (exact) mass is 691 g/mol. The molecule has 0 fully saturated rings. The van der Waals surface area contributed by atoms with Crippen LogP contribution in [0.3, 0.4) is 0 Å². The third-order valence-electron chi connectivity index (χ3n) is 0. The second kappa shape index (κ2) is 6.60. The van der Waals surface area contributed by atoms with E-state index in [1.54, 1.807) is 0 Å². The standard InChI is InChI=1S/8O.Pt.2W/q;;;;4*-1;+4;;. The summed E-state index contributed by atoms with van der Waals surface area (Å²) in [5.41, 5.74) is 0. The van der Waals surface area contributed by atoms with Crippen LogP contribution in [0.5, 0.6) is 0 Å².